The minimum atomic E-state index is 0.306. The molecule has 0 aliphatic carbocycles. The first-order valence-electron chi connectivity index (χ1n) is 8.04. The number of anilines is 2. The molecule has 8 heteroatoms. The Morgan fingerprint density at radius 2 is 2.00 bits per heavy atom. The van der Waals surface area contributed by atoms with Gasteiger partial charge in [-0.25, -0.2) is 0 Å². The van der Waals surface area contributed by atoms with E-state index in [0.29, 0.717) is 12.0 Å². The second kappa shape index (κ2) is 5.95. The van der Waals surface area contributed by atoms with Crippen LogP contribution in [0.15, 0.2) is 36.7 Å². The molecular weight excluding hydrogens is 304 g/mol. The topological polar surface area (TPSA) is 76.7 Å². The van der Waals surface area contributed by atoms with E-state index in [-0.39, 0.29) is 0 Å². The van der Waals surface area contributed by atoms with E-state index >= 15 is 0 Å². The van der Waals surface area contributed by atoms with Crippen LogP contribution in [0.25, 0.3) is 5.69 Å². The van der Waals surface area contributed by atoms with Crippen LogP contribution in [0.2, 0.25) is 0 Å². The monoisotopic (exact) mass is 324 g/mol. The molecule has 124 valence electrons. The van der Waals surface area contributed by atoms with Crippen LogP contribution < -0.4 is 10.2 Å². The number of tetrazole rings is 1. The molecule has 2 aromatic heterocycles. The summed E-state index contributed by atoms with van der Waals surface area (Å²) >= 11 is 0. The Bertz CT molecular complexity index is 819. The van der Waals surface area contributed by atoms with Crippen molar-refractivity contribution in [2.45, 2.75) is 19.4 Å². The van der Waals surface area contributed by atoms with E-state index in [4.69, 9.17) is 0 Å². The SMILES string of the molecule is Cc1ccc(-n2nnnc2NC2CCN(c3cnn(C)c3)C2)cc1. The zero-order valence-electron chi connectivity index (χ0n) is 13.8. The first-order valence-corrected chi connectivity index (χ1v) is 8.04. The molecule has 0 radical (unpaired) electrons. The summed E-state index contributed by atoms with van der Waals surface area (Å²) in [5, 5.41) is 19.8. The number of hydrogen-bond acceptors (Lipinski definition) is 6. The van der Waals surface area contributed by atoms with Crippen molar-refractivity contribution >= 4 is 11.6 Å². The second-order valence-electron chi connectivity index (χ2n) is 6.20. The maximum Gasteiger partial charge on any atom is 0.248 e. The molecule has 0 amide bonds. The van der Waals surface area contributed by atoms with Crippen molar-refractivity contribution in [2.75, 3.05) is 23.3 Å². The molecule has 1 aliphatic rings. The van der Waals surface area contributed by atoms with E-state index in [1.54, 1.807) is 4.68 Å². The van der Waals surface area contributed by atoms with Gasteiger partial charge in [0.15, 0.2) is 0 Å². The number of aryl methyl sites for hydroxylation is 2. The van der Waals surface area contributed by atoms with Crippen molar-refractivity contribution in [3.05, 3.63) is 42.2 Å². The minimum absolute atomic E-state index is 0.306. The molecule has 4 rings (SSSR count). The molecule has 1 saturated heterocycles. The fraction of sp³-hybridized carbons (Fsp3) is 0.375. The van der Waals surface area contributed by atoms with Crippen LogP contribution in [0.3, 0.4) is 0 Å². The van der Waals surface area contributed by atoms with Crippen molar-refractivity contribution in [3.8, 4) is 5.69 Å². The second-order valence-corrected chi connectivity index (χ2v) is 6.20. The zero-order valence-corrected chi connectivity index (χ0v) is 13.8. The molecule has 1 N–H and O–H groups in total. The number of rotatable bonds is 4. The molecule has 3 aromatic rings. The Morgan fingerprint density at radius 1 is 1.17 bits per heavy atom. The highest BCUT2D eigenvalue weighted by atomic mass is 15.6. The first kappa shape index (κ1) is 14.7. The fourth-order valence-corrected chi connectivity index (χ4v) is 3.00. The number of nitrogens with zero attached hydrogens (tertiary/aromatic N) is 7. The molecular formula is C16H20N8. The Hall–Kier alpha value is -2.90. The maximum atomic E-state index is 4.24. The van der Waals surface area contributed by atoms with Gasteiger partial charge in [-0.05, 0) is 35.9 Å². The number of aromatic nitrogens is 6. The van der Waals surface area contributed by atoms with E-state index in [1.807, 2.05) is 36.3 Å². The van der Waals surface area contributed by atoms with Gasteiger partial charge in [0, 0.05) is 32.4 Å². The molecule has 0 saturated carbocycles. The van der Waals surface area contributed by atoms with E-state index in [0.717, 1.165) is 30.9 Å². The first-order chi connectivity index (χ1) is 11.7. The van der Waals surface area contributed by atoms with E-state index < -0.39 is 0 Å². The van der Waals surface area contributed by atoms with Crippen LogP contribution in [0, 0.1) is 6.92 Å². The molecule has 1 fully saturated rings. The fourth-order valence-electron chi connectivity index (χ4n) is 3.00. The number of hydrogen-bond donors (Lipinski definition) is 1. The van der Waals surface area contributed by atoms with Crippen molar-refractivity contribution < 1.29 is 0 Å². The van der Waals surface area contributed by atoms with E-state index in [2.05, 4.69) is 49.9 Å². The maximum absolute atomic E-state index is 4.24. The lowest BCUT2D eigenvalue weighted by Gasteiger charge is -2.17. The number of nitrogens with one attached hydrogen (secondary N) is 1. The highest BCUT2D eigenvalue weighted by Crippen LogP contribution is 2.22. The lowest BCUT2D eigenvalue weighted by atomic mass is 10.2. The Labute approximate surface area is 140 Å². The van der Waals surface area contributed by atoms with Crippen molar-refractivity contribution in [3.63, 3.8) is 0 Å². The predicted octanol–water partition coefficient (Wildman–Crippen LogP) is 1.40. The van der Waals surface area contributed by atoms with Crippen LogP contribution in [0.1, 0.15) is 12.0 Å². The van der Waals surface area contributed by atoms with Gasteiger partial charge in [-0.1, -0.05) is 22.8 Å². The van der Waals surface area contributed by atoms with Crippen molar-refractivity contribution in [2.24, 2.45) is 7.05 Å². The summed E-state index contributed by atoms with van der Waals surface area (Å²) in [6.45, 7) is 3.97. The van der Waals surface area contributed by atoms with Crippen LogP contribution >= 0.6 is 0 Å². The molecule has 8 nitrogen and oxygen atoms in total. The van der Waals surface area contributed by atoms with Gasteiger partial charge in [-0.15, -0.1) is 0 Å². The van der Waals surface area contributed by atoms with Crippen molar-refractivity contribution in [1.82, 2.24) is 30.0 Å². The summed E-state index contributed by atoms with van der Waals surface area (Å²) < 4.78 is 3.57. The zero-order chi connectivity index (χ0) is 16.5. The molecule has 3 heterocycles. The van der Waals surface area contributed by atoms with Gasteiger partial charge < -0.3 is 10.2 Å². The summed E-state index contributed by atoms with van der Waals surface area (Å²) in [6, 6.07) is 8.46. The van der Waals surface area contributed by atoms with Gasteiger partial charge in [0.2, 0.25) is 5.95 Å². The largest absolute Gasteiger partial charge is 0.367 e. The molecule has 1 aliphatic heterocycles. The van der Waals surface area contributed by atoms with Crippen LogP contribution in [0.5, 0.6) is 0 Å². The number of benzene rings is 1. The molecule has 1 atom stereocenters. The molecule has 0 bridgehead atoms. The summed E-state index contributed by atoms with van der Waals surface area (Å²) in [4.78, 5) is 2.32. The average Bonchev–Trinajstić information content (AvgIpc) is 3.30. The Kier molecular flexibility index (Phi) is 3.64. The smallest absolute Gasteiger partial charge is 0.248 e. The summed E-state index contributed by atoms with van der Waals surface area (Å²) in [6.07, 6.45) is 4.98. The quantitative estimate of drug-likeness (QED) is 0.782. The summed E-state index contributed by atoms with van der Waals surface area (Å²) in [5.74, 6) is 0.678. The van der Waals surface area contributed by atoms with Gasteiger partial charge in [0.1, 0.15) is 0 Å². The molecule has 24 heavy (non-hydrogen) atoms. The normalized spacial score (nSPS) is 17.4. The van der Waals surface area contributed by atoms with Gasteiger partial charge in [0.25, 0.3) is 0 Å². The summed E-state index contributed by atoms with van der Waals surface area (Å²) in [5.41, 5.74) is 3.32. The highest BCUT2D eigenvalue weighted by molar-refractivity contribution is 5.46. The third-order valence-electron chi connectivity index (χ3n) is 4.33. The molecule has 1 unspecified atom stereocenters. The van der Waals surface area contributed by atoms with Gasteiger partial charge in [-0.3, -0.25) is 4.68 Å². The Balaban J connectivity index is 1.47. The summed E-state index contributed by atoms with van der Waals surface area (Å²) in [7, 11) is 1.94. The van der Waals surface area contributed by atoms with E-state index in [9.17, 15) is 0 Å². The predicted molar refractivity (Wildman–Crippen MR) is 91.3 cm³/mol. The van der Waals surface area contributed by atoms with Crippen LogP contribution in [-0.4, -0.2) is 49.1 Å². The van der Waals surface area contributed by atoms with E-state index in [1.165, 1.54) is 5.56 Å². The lowest BCUT2D eigenvalue weighted by Crippen LogP contribution is -2.27. The standard InChI is InChI=1S/C16H20N8/c1-12-3-5-14(6-4-12)24-16(19-20-21-24)18-13-7-8-23(10-13)15-9-17-22(2)11-15/h3-6,9,11,13H,7-8,10H2,1-2H3,(H,18,19,21). The van der Waals surface area contributed by atoms with Crippen molar-refractivity contribution in [1.29, 1.82) is 0 Å². The van der Waals surface area contributed by atoms with Crippen LogP contribution in [-0.2, 0) is 7.05 Å². The van der Waals surface area contributed by atoms with Gasteiger partial charge in [0.05, 0.1) is 17.6 Å². The molecule has 1 aromatic carbocycles. The third-order valence-corrected chi connectivity index (χ3v) is 4.33. The minimum Gasteiger partial charge on any atom is -0.367 e. The third kappa shape index (κ3) is 2.82. The lowest BCUT2D eigenvalue weighted by molar-refractivity contribution is 0.762. The van der Waals surface area contributed by atoms with Gasteiger partial charge >= 0.3 is 0 Å². The Morgan fingerprint density at radius 3 is 2.75 bits per heavy atom. The highest BCUT2D eigenvalue weighted by Gasteiger charge is 2.25. The van der Waals surface area contributed by atoms with Crippen LogP contribution in [0.4, 0.5) is 11.6 Å². The van der Waals surface area contributed by atoms with Gasteiger partial charge in [-0.2, -0.15) is 9.78 Å². The average molecular weight is 324 g/mol. The molecule has 0 spiro atoms.